The first kappa shape index (κ1) is 26.1. The van der Waals surface area contributed by atoms with Crippen LogP contribution in [-0.2, 0) is 0 Å². The van der Waals surface area contributed by atoms with Crippen molar-refractivity contribution in [2.75, 3.05) is 20.3 Å². The van der Waals surface area contributed by atoms with E-state index in [-0.39, 0.29) is 36.9 Å². The Kier molecular flexibility index (Phi) is 7.36. The number of ether oxygens (including phenoxy) is 2. The minimum absolute atomic E-state index is 0.187. The zero-order valence-electron chi connectivity index (χ0n) is 22.0. The van der Waals surface area contributed by atoms with Crippen LogP contribution in [0.4, 0.5) is 13.6 Å². The van der Waals surface area contributed by atoms with Crippen LogP contribution in [0.3, 0.4) is 0 Å². The van der Waals surface area contributed by atoms with Crippen molar-refractivity contribution in [2.45, 2.75) is 70.4 Å². The van der Waals surface area contributed by atoms with Gasteiger partial charge in [-0.1, -0.05) is 6.42 Å². The van der Waals surface area contributed by atoms with Crippen LogP contribution in [0, 0.1) is 5.92 Å². The Morgan fingerprint density at radius 3 is 2.79 bits per heavy atom. The molecule has 38 heavy (non-hydrogen) atoms. The summed E-state index contributed by atoms with van der Waals surface area (Å²) >= 11 is 0. The standard InChI is InChI=1S/C27H34F2N6O3/c1-4-35-17(2)21-12-19(23(37-3)15-31-21)22-16-34-10-9-30-24(34)25(32-22)38-11-7-5-6-8-20(33-26(35)36)18-13-27(28,29)14-18/h9-10,12,15-18,20H,4-8,11,13-14H2,1-3H3,(H,33,36)/t17-,20?/m1/s1. The van der Waals surface area contributed by atoms with Gasteiger partial charge >= 0.3 is 6.03 Å². The van der Waals surface area contributed by atoms with E-state index in [1.54, 1.807) is 24.4 Å². The molecular formula is C27H34F2N6O3. The van der Waals surface area contributed by atoms with E-state index in [1.165, 1.54) is 0 Å². The van der Waals surface area contributed by atoms with Gasteiger partial charge in [-0.2, -0.15) is 0 Å². The highest BCUT2D eigenvalue weighted by atomic mass is 19.3. The summed E-state index contributed by atoms with van der Waals surface area (Å²) in [6, 6.07) is 0.917. The van der Waals surface area contributed by atoms with Gasteiger partial charge < -0.3 is 24.1 Å². The van der Waals surface area contributed by atoms with E-state index in [0.717, 1.165) is 19.3 Å². The van der Waals surface area contributed by atoms with Crippen molar-refractivity contribution in [3.05, 3.63) is 36.5 Å². The number of rotatable bonds is 3. The molecule has 4 bridgehead atoms. The van der Waals surface area contributed by atoms with Crippen LogP contribution in [0.5, 0.6) is 11.6 Å². The number of aromatic nitrogens is 4. The van der Waals surface area contributed by atoms with Crippen LogP contribution in [0.2, 0.25) is 0 Å². The number of alkyl halides is 2. The predicted molar refractivity (Wildman–Crippen MR) is 138 cm³/mol. The summed E-state index contributed by atoms with van der Waals surface area (Å²) in [7, 11) is 1.57. The molecule has 1 saturated carbocycles. The number of carbonyl (C=O) groups is 1. The number of nitrogens with zero attached hydrogens (tertiary/aromatic N) is 5. The number of hydrogen-bond acceptors (Lipinski definition) is 6. The van der Waals surface area contributed by atoms with Crippen molar-refractivity contribution >= 4 is 11.7 Å². The number of urea groups is 1. The average molecular weight is 529 g/mol. The summed E-state index contributed by atoms with van der Waals surface area (Å²) in [5, 5.41) is 3.08. The first-order valence-electron chi connectivity index (χ1n) is 13.3. The molecular weight excluding hydrogens is 494 g/mol. The maximum Gasteiger partial charge on any atom is 0.318 e. The lowest BCUT2D eigenvalue weighted by Crippen LogP contribution is -2.53. The number of amides is 2. The fourth-order valence-corrected chi connectivity index (χ4v) is 5.40. The summed E-state index contributed by atoms with van der Waals surface area (Å²) in [6.07, 6.45) is 9.68. The van der Waals surface area contributed by atoms with E-state index in [4.69, 9.17) is 14.5 Å². The van der Waals surface area contributed by atoms with Gasteiger partial charge in [-0.25, -0.2) is 23.5 Å². The van der Waals surface area contributed by atoms with Crippen molar-refractivity contribution in [1.29, 1.82) is 0 Å². The third kappa shape index (κ3) is 5.23. The van der Waals surface area contributed by atoms with Crippen LogP contribution < -0.4 is 14.8 Å². The van der Waals surface area contributed by atoms with Crippen molar-refractivity contribution in [1.82, 2.24) is 29.6 Å². The lowest BCUT2D eigenvalue weighted by Gasteiger charge is -2.41. The molecule has 0 saturated heterocycles. The number of pyridine rings is 1. The summed E-state index contributed by atoms with van der Waals surface area (Å²) in [4.78, 5) is 28.9. The number of carbonyl (C=O) groups excluding carboxylic acids is 1. The molecule has 204 valence electrons. The smallest absolute Gasteiger partial charge is 0.318 e. The van der Waals surface area contributed by atoms with Crippen LogP contribution >= 0.6 is 0 Å². The van der Waals surface area contributed by atoms with Gasteiger partial charge in [-0.05, 0) is 45.1 Å². The number of halogens is 2. The number of fused-ring (bicyclic) bond motifs is 7. The molecule has 2 atom stereocenters. The first-order chi connectivity index (χ1) is 18.3. The first-order valence-corrected chi connectivity index (χ1v) is 13.3. The monoisotopic (exact) mass is 528 g/mol. The number of methoxy groups -OCH3 is 1. The van der Waals surface area contributed by atoms with E-state index in [9.17, 15) is 13.6 Å². The Balaban J connectivity index is 1.52. The maximum atomic E-state index is 13.7. The number of hydrogen-bond donors (Lipinski definition) is 1. The van der Waals surface area contributed by atoms with Crippen molar-refractivity contribution in [3.8, 4) is 22.9 Å². The highest BCUT2D eigenvalue weighted by Crippen LogP contribution is 2.45. The van der Waals surface area contributed by atoms with Crippen molar-refractivity contribution in [3.63, 3.8) is 0 Å². The molecule has 1 aliphatic heterocycles. The van der Waals surface area contributed by atoms with E-state index in [0.29, 0.717) is 53.8 Å². The fourth-order valence-electron chi connectivity index (χ4n) is 5.40. The van der Waals surface area contributed by atoms with Gasteiger partial charge in [0, 0.05) is 49.6 Å². The Hall–Kier alpha value is -3.50. The summed E-state index contributed by atoms with van der Waals surface area (Å²) in [5.74, 6) is -1.91. The lowest BCUT2D eigenvalue weighted by atomic mass is 9.75. The molecule has 3 aromatic heterocycles. The van der Waals surface area contributed by atoms with Crippen LogP contribution in [0.1, 0.15) is 64.1 Å². The van der Waals surface area contributed by atoms with E-state index in [1.807, 2.05) is 36.7 Å². The molecule has 1 fully saturated rings. The van der Waals surface area contributed by atoms with Crippen LogP contribution in [-0.4, -0.2) is 62.5 Å². The minimum Gasteiger partial charge on any atom is -0.494 e. The third-order valence-electron chi connectivity index (χ3n) is 7.62. The Morgan fingerprint density at radius 2 is 2.05 bits per heavy atom. The quantitative estimate of drug-likeness (QED) is 0.499. The summed E-state index contributed by atoms with van der Waals surface area (Å²) < 4.78 is 40.9. The maximum absolute atomic E-state index is 13.7. The SMILES string of the molecule is CCN1C(=O)NC(C2CC(F)(F)C2)CCCCCOc2nc(cn3ccnc23)-c2cc(ncc2OC)[C@H]1C. The largest absolute Gasteiger partial charge is 0.494 e. The van der Waals surface area contributed by atoms with Gasteiger partial charge in [0.1, 0.15) is 5.75 Å². The molecule has 2 aliphatic rings. The second-order valence-electron chi connectivity index (χ2n) is 10.1. The molecule has 2 amide bonds. The molecule has 1 N–H and O–H groups in total. The van der Waals surface area contributed by atoms with Gasteiger partial charge in [-0.15, -0.1) is 0 Å². The molecule has 0 radical (unpaired) electrons. The zero-order chi connectivity index (χ0) is 26.9. The van der Waals surface area contributed by atoms with E-state index in [2.05, 4.69) is 15.3 Å². The molecule has 1 aliphatic carbocycles. The highest BCUT2D eigenvalue weighted by molar-refractivity contribution is 5.75. The predicted octanol–water partition coefficient (Wildman–Crippen LogP) is 5.26. The Morgan fingerprint density at radius 1 is 1.24 bits per heavy atom. The summed E-state index contributed by atoms with van der Waals surface area (Å²) in [5.41, 5.74) is 2.61. The second kappa shape index (κ2) is 10.7. The lowest BCUT2D eigenvalue weighted by molar-refractivity contribution is -0.119. The van der Waals surface area contributed by atoms with Crippen LogP contribution in [0.25, 0.3) is 16.9 Å². The van der Waals surface area contributed by atoms with Gasteiger partial charge in [-0.3, -0.25) is 4.98 Å². The fraction of sp³-hybridized carbons (Fsp3) is 0.556. The topological polar surface area (TPSA) is 93.9 Å². The third-order valence-corrected chi connectivity index (χ3v) is 7.62. The zero-order valence-corrected chi connectivity index (χ0v) is 22.0. The second-order valence-corrected chi connectivity index (χ2v) is 10.1. The molecule has 0 spiro atoms. The Labute approximate surface area is 220 Å². The molecule has 9 nitrogen and oxygen atoms in total. The van der Waals surface area contributed by atoms with Crippen molar-refractivity contribution in [2.24, 2.45) is 5.92 Å². The van der Waals surface area contributed by atoms with Gasteiger partial charge in [0.15, 0.2) is 0 Å². The number of nitrogens with one attached hydrogen (secondary N) is 1. The minimum atomic E-state index is -2.64. The molecule has 3 aromatic rings. The van der Waals surface area contributed by atoms with Crippen LogP contribution in [0.15, 0.2) is 30.9 Å². The number of imidazole rings is 1. The van der Waals surface area contributed by atoms with E-state index >= 15 is 0 Å². The molecule has 11 heteroatoms. The summed E-state index contributed by atoms with van der Waals surface area (Å²) in [6.45, 7) is 4.68. The van der Waals surface area contributed by atoms with Crippen molar-refractivity contribution < 1.29 is 23.0 Å². The molecule has 4 heterocycles. The van der Waals surface area contributed by atoms with Gasteiger partial charge in [0.05, 0.1) is 37.3 Å². The Bertz CT molecular complexity index is 1290. The highest BCUT2D eigenvalue weighted by Gasteiger charge is 2.48. The van der Waals surface area contributed by atoms with Gasteiger partial charge in [0.2, 0.25) is 11.6 Å². The van der Waals surface area contributed by atoms with E-state index < -0.39 is 5.92 Å². The molecule has 0 aromatic carbocycles. The van der Waals surface area contributed by atoms with Gasteiger partial charge in [0.25, 0.3) is 5.88 Å². The molecule has 5 rings (SSSR count). The average Bonchev–Trinajstić information content (AvgIpc) is 3.37. The molecule has 1 unspecified atom stereocenters. The normalized spacial score (nSPS) is 22.8.